The third-order valence-electron chi connectivity index (χ3n) is 3.93. The second kappa shape index (κ2) is 6.48. The molecule has 0 bridgehead atoms. The minimum atomic E-state index is -0.944. The van der Waals surface area contributed by atoms with Gasteiger partial charge >= 0.3 is 6.09 Å². The van der Waals surface area contributed by atoms with Gasteiger partial charge in [0, 0.05) is 28.1 Å². The Morgan fingerprint density at radius 2 is 1.95 bits per heavy atom. The highest BCUT2D eigenvalue weighted by atomic mass is 79.9. The number of halogens is 1. The van der Waals surface area contributed by atoms with Gasteiger partial charge in [-0.15, -0.1) is 0 Å². The summed E-state index contributed by atoms with van der Waals surface area (Å²) < 4.78 is 1.01. The van der Waals surface area contributed by atoms with Gasteiger partial charge in [-0.1, -0.05) is 15.9 Å². The zero-order valence-corrected chi connectivity index (χ0v) is 13.5. The Hall–Kier alpha value is -1.89. The summed E-state index contributed by atoms with van der Waals surface area (Å²) in [6.45, 7) is 0. The first-order chi connectivity index (χ1) is 10.6. The summed E-state index contributed by atoms with van der Waals surface area (Å²) in [6.07, 6.45) is 4.36. The maximum absolute atomic E-state index is 10.6. The second-order valence-electron chi connectivity index (χ2n) is 5.54. The molecule has 116 valence electrons. The van der Waals surface area contributed by atoms with E-state index in [0.717, 1.165) is 41.1 Å². The number of hydrogen-bond acceptors (Lipinski definition) is 4. The number of nitrogens with zero attached hydrogens (tertiary/aromatic N) is 2. The van der Waals surface area contributed by atoms with Crippen molar-refractivity contribution in [2.75, 3.05) is 5.32 Å². The number of fused-ring (bicyclic) bond motifs is 1. The van der Waals surface area contributed by atoms with E-state index in [0.29, 0.717) is 12.0 Å². The van der Waals surface area contributed by atoms with Crippen molar-refractivity contribution >= 4 is 38.9 Å². The number of nitrogens with one attached hydrogen (secondary N) is 2. The monoisotopic (exact) mass is 364 g/mol. The number of carboxylic acid groups (broad SMARTS) is 1. The van der Waals surface area contributed by atoms with Gasteiger partial charge in [0.25, 0.3) is 0 Å². The van der Waals surface area contributed by atoms with E-state index in [9.17, 15) is 4.79 Å². The summed E-state index contributed by atoms with van der Waals surface area (Å²) in [6, 6.07) is 6.26. The van der Waals surface area contributed by atoms with E-state index in [-0.39, 0.29) is 6.04 Å². The first kappa shape index (κ1) is 15.0. The molecule has 0 unspecified atom stereocenters. The predicted molar refractivity (Wildman–Crippen MR) is 88.1 cm³/mol. The highest BCUT2D eigenvalue weighted by Gasteiger charge is 2.22. The molecule has 1 heterocycles. The van der Waals surface area contributed by atoms with E-state index in [1.807, 2.05) is 24.4 Å². The zero-order chi connectivity index (χ0) is 15.5. The Kier molecular flexibility index (Phi) is 4.42. The van der Waals surface area contributed by atoms with Crippen molar-refractivity contribution in [3.8, 4) is 0 Å². The van der Waals surface area contributed by atoms with Gasteiger partial charge in [0.05, 0.1) is 5.52 Å². The molecule has 1 aliphatic carbocycles. The van der Waals surface area contributed by atoms with Crippen molar-refractivity contribution < 1.29 is 9.90 Å². The Morgan fingerprint density at radius 3 is 2.68 bits per heavy atom. The summed E-state index contributed by atoms with van der Waals surface area (Å²) in [5.41, 5.74) is 0.905. The Morgan fingerprint density at radius 1 is 1.23 bits per heavy atom. The molecule has 0 aliphatic heterocycles. The largest absolute Gasteiger partial charge is 0.465 e. The molecule has 1 saturated carbocycles. The average Bonchev–Trinajstić information content (AvgIpc) is 2.49. The molecule has 0 saturated heterocycles. The molecule has 2 aromatic rings. The number of benzene rings is 1. The van der Waals surface area contributed by atoms with Crippen LogP contribution in [-0.4, -0.2) is 33.3 Å². The summed E-state index contributed by atoms with van der Waals surface area (Å²) >= 11 is 3.43. The molecule has 7 heteroatoms. The molecule has 22 heavy (non-hydrogen) atoms. The lowest BCUT2D eigenvalue weighted by Gasteiger charge is -2.28. The lowest BCUT2D eigenvalue weighted by molar-refractivity contribution is 0.185. The molecule has 3 N–H and O–H groups in total. The smallest absolute Gasteiger partial charge is 0.404 e. The summed E-state index contributed by atoms with van der Waals surface area (Å²) in [4.78, 5) is 19.5. The van der Waals surface area contributed by atoms with Crippen molar-refractivity contribution in [3.63, 3.8) is 0 Å². The van der Waals surface area contributed by atoms with Crippen LogP contribution in [0.1, 0.15) is 25.7 Å². The number of amides is 1. The van der Waals surface area contributed by atoms with Crippen molar-refractivity contribution in [2.24, 2.45) is 0 Å². The standard InChI is InChI=1S/C15H17BrN4O2/c16-10-1-6-13-9(7-10)8-17-14(20-13)18-11-2-4-12(5-3-11)19-15(21)22/h1,6-8,11-12,19H,2-5H2,(H,21,22)(H,17,18,20)/t11-,12-. The Bertz CT molecular complexity index is 686. The van der Waals surface area contributed by atoms with E-state index < -0.39 is 6.09 Å². The number of carbonyl (C=O) groups is 1. The van der Waals surface area contributed by atoms with Crippen LogP contribution in [0.2, 0.25) is 0 Å². The minimum Gasteiger partial charge on any atom is -0.465 e. The van der Waals surface area contributed by atoms with Gasteiger partial charge in [-0.05, 0) is 43.9 Å². The third-order valence-corrected chi connectivity index (χ3v) is 4.42. The van der Waals surface area contributed by atoms with Crippen LogP contribution in [0, 0.1) is 0 Å². The highest BCUT2D eigenvalue weighted by Crippen LogP contribution is 2.23. The minimum absolute atomic E-state index is 0.0606. The van der Waals surface area contributed by atoms with Gasteiger partial charge in [-0.25, -0.2) is 14.8 Å². The second-order valence-corrected chi connectivity index (χ2v) is 6.45. The van der Waals surface area contributed by atoms with Crippen LogP contribution in [0.4, 0.5) is 10.7 Å². The van der Waals surface area contributed by atoms with E-state index in [1.54, 1.807) is 0 Å². The van der Waals surface area contributed by atoms with Gasteiger partial charge in [0.2, 0.25) is 5.95 Å². The van der Waals surface area contributed by atoms with Crippen molar-refractivity contribution in [1.82, 2.24) is 15.3 Å². The summed E-state index contributed by atoms with van der Waals surface area (Å²) in [5, 5.41) is 15.6. The maximum atomic E-state index is 10.6. The van der Waals surface area contributed by atoms with E-state index in [2.05, 4.69) is 36.5 Å². The van der Waals surface area contributed by atoms with Gasteiger partial charge in [-0.3, -0.25) is 0 Å². The van der Waals surface area contributed by atoms with Crippen LogP contribution in [0.15, 0.2) is 28.9 Å². The molecule has 0 radical (unpaired) electrons. The van der Waals surface area contributed by atoms with Crippen molar-refractivity contribution in [2.45, 2.75) is 37.8 Å². The van der Waals surface area contributed by atoms with Gasteiger partial charge in [0.1, 0.15) is 0 Å². The highest BCUT2D eigenvalue weighted by molar-refractivity contribution is 9.10. The molecule has 1 aromatic carbocycles. The zero-order valence-electron chi connectivity index (χ0n) is 11.9. The Labute approximate surface area is 136 Å². The SMILES string of the molecule is O=C(O)N[C@H]1CC[C@H](Nc2ncc3cc(Br)ccc3n2)CC1. The molecule has 0 atom stereocenters. The first-order valence-electron chi connectivity index (χ1n) is 7.28. The molecular formula is C15H17BrN4O2. The van der Waals surface area contributed by atoms with Gasteiger partial charge < -0.3 is 15.7 Å². The number of rotatable bonds is 3. The van der Waals surface area contributed by atoms with Crippen LogP contribution >= 0.6 is 15.9 Å². The van der Waals surface area contributed by atoms with Gasteiger partial charge in [0.15, 0.2) is 0 Å². The number of aromatic nitrogens is 2. The number of anilines is 1. The van der Waals surface area contributed by atoms with Crippen molar-refractivity contribution in [3.05, 3.63) is 28.9 Å². The summed E-state index contributed by atoms with van der Waals surface area (Å²) in [7, 11) is 0. The molecule has 1 aromatic heterocycles. The molecule has 1 amide bonds. The molecule has 1 fully saturated rings. The van der Waals surface area contributed by atoms with Crippen LogP contribution in [0.25, 0.3) is 10.9 Å². The molecule has 0 spiro atoms. The van der Waals surface area contributed by atoms with E-state index in [4.69, 9.17) is 5.11 Å². The molecule has 3 rings (SSSR count). The summed E-state index contributed by atoms with van der Waals surface area (Å²) in [5.74, 6) is 0.629. The molecule has 1 aliphatic rings. The third kappa shape index (κ3) is 3.65. The van der Waals surface area contributed by atoms with Crippen molar-refractivity contribution in [1.29, 1.82) is 0 Å². The van der Waals surface area contributed by atoms with E-state index >= 15 is 0 Å². The maximum Gasteiger partial charge on any atom is 0.404 e. The fraction of sp³-hybridized carbons (Fsp3) is 0.400. The Balaban J connectivity index is 1.62. The topological polar surface area (TPSA) is 87.1 Å². The van der Waals surface area contributed by atoms with Crippen LogP contribution in [-0.2, 0) is 0 Å². The lowest BCUT2D eigenvalue weighted by Crippen LogP contribution is -2.39. The fourth-order valence-electron chi connectivity index (χ4n) is 2.81. The quantitative estimate of drug-likeness (QED) is 0.776. The fourth-order valence-corrected chi connectivity index (χ4v) is 3.19. The average molecular weight is 365 g/mol. The van der Waals surface area contributed by atoms with Crippen LogP contribution in [0.3, 0.4) is 0 Å². The molecular weight excluding hydrogens is 348 g/mol. The normalized spacial score (nSPS) is 21.5. The number of hydrogen-bond donors (Lipinski definition) is 3. The predicted octanol–water partition coefficient (Wildman–Crippen LogP) is 3.38. The van der Waals surface area contributed by atoms with E-state index in [1.165, 1.54) is 0 Å². The van der Waals surface area contributed by atoms with Crippen LogP contribution in [0.5, 0.6) is 0 Å². The molecule has 6 nitrogen and oxygen atoms in total. The van der Waals surface area contributed by atoms with Gasteiger partial charge in [-0.2, -0.15) is 0 Å². The van der Waals surface area contributed by atoms with Crippen LogP contribution < -0.4 is 10.6 Å². The first-order valence-corrected chi connectivity index (χ1v) is 8.08. The lowest BCUT2D eigenvalue weighted by atomic mass is 9.91.